The number of hydrogen-bond acceptors (Lipinski definition) is 0. The fourth-order valence-corrected chi connectivity index (χ4v) is 6.14. The average Bonchev–Trinajstić information content (AvgIpc) is 3.64. The van der Waals surface area contributed by atoms with Crippen molar-refractivity contribution in [2.45, 2.75) is 6.82 Å². The van der Waals surface area contributed by atoms with Gasteiger partial charge in [-0.05, 0) is 0 Å². The molecule has 301 valence electrons. The second kappa shape index (κ2) is 104. The van der Waals surface area contributed by atoms with Gasteiger partial charge in [-0.15, -0.1) is 0 Å². The van der Waals surface area contributed by atoms with E-state index in [0.29, 0.717) is 0 Å². The molecule has 0 saturated heterocycles. The van der Waals surface area contributed by atoms with E-state index in [1.807, 2.05) is 643 Å². The topological polar surface area (TPSA) is 0 Å². The van der Waals surface area contributed by atoms with Crippen LogP contribution in [-0.4, -0.2) is 657 Å². The summed E-state index contributed by atoms with van der Waals surface area (Å²) in [5.74, 6) is 0. The molecule has 98 heteroatoms. The molecule has 0 aliphatic heterocycles. The second-order valence-electron chi connectivity index (χ2n) is 18.8. The van der Waals surface area contributed by atoms with Crippen LogP contribution in [0.25, 0.3) is 0 Å². The third kappa shape index (κ3) is 104. The molecule has 0 spiro atoms. The molecule has 0 aliphatic carbocycles. The van der Waals surface area contributed by atoms with E-state index in [0.717, 1.165) is 0 Å². The summed E-state index contributed by atoms with van der Waals surface area (Å²) in [6, 6.07) is 0. The molecule has 0 aromatic heterocycles. The first-order valence-electron chi connectivity index (χ1n) is 32.9. The summed E-state index contributed by atoms with van der Waals surface area (Å²) < 4.78 is 0. The molecular weight excluding hydrogens is 1070 g/mol. The van der Waals surface area contributed by atoms with Crippen LogP contribution in [0.4, 0.5) is 0 Å². The van der Waals surface area contributed by atoms with Crippen LogP contribution < -0.4 is 0 Å². The molecule has 0 saturated carbocycles. The van der Waals surface area contributed by atoms with Crippen molar-refractivity contribution in [1.29, 1.82) is 0 Å². The molecule has 0 bridgehead atoms. The third-order valence-corrected chi connectivity index (χ3v) is 10.7. The molecule has 0 rings (SSSR count). The van der Waals surface area contributed by atoms with Gasteiger partial charge in [0.05, 0.1) is 0 Å². The summed E-state index contributed by atoms with van der Waals surface area (Å²) >= 11 is 0. The summed E-state index contributed by atoms with van der Waals surface area (Å²) in [6.07, 6.45) is 0. The molecule has 0 atom stereocenters. The van der Waals surface area contributed by atoms with Crippen LogP contribution in [0.1, 0.15) is 0 Å². The predicted octanol–water partition coefficient (Wildman–Crippen LogP) is -36.7. The number of hydrogen-bond donors (Lipinski definition) is 0. The van der Waals surface area contributed by atoms with Crippen LogP contribution in [0, 0.1) is 0 Å². The quantitative estimate of drug-likeness (QED) is 0.0533. The monoisotopic (exact) mass is 1090 g/mol. The van der Waals surface area contributed by atoms with Gasteiger partial charge in [0.2, 0.25) is 0 Å². The van der Waals surface area contributed by atoms with Gasteiger partial charge in [0, 0.05) is 0 Å². The SMILES string of the molecule is [B]=BB=BB=BB=BB=BB=BB=BB=BB=BB=BB=BB=BB=BB=BB=BB=BB=BB=BB=BB=BB=BB=BB=BB=BB=BB=BB=BB=BB=BB=BB=BB=BB=BB=BB=BB=BB=BB=BB=BB=BB=BB=BB=BB=BB=BB=BB=BB=BB=BC. The molecule has 0 aromatic carbocycles. The van der Waals surface area contributed by atoms with Crippen molar-refractivity contribution in [1.82, 2.24) is 0 Å². The molecule has 0 aliphatic rings. The van der Waals surface area contributed by atoms with Crippen molar-refractivity contribution < 1.29 is 0 Å². The number of rotatable bonds is 48. The molecule has 0 heterocycles. The van der Waals surface area contributed by atoms with Gasteiger partial charge >= 0.3 is 663 Å². The Morgan fingerprint density at radius 3 is 0.182 bits per heavy atom. The summed E-state index contributed by atoms with van der Waals surface area (Å²) in [7, 11) is 5.27. The van der Waals surface area contributed by atoms with E-state index in [1.165, 1.54) is 6.69 Å². The van der Waals surface area contributed by atoms with Crippen molar-refractivity contribution in [3.8, 4) is 0 Å². The van der Waals surface area contributed by atoms with Crippen LogP contribution in [-0.2, 0) is 0 Å². The fraction of sp³-hybridized carbons (Fsp3) is 1.00. The predicted molar refractivity (Wildman–Crippen MR) is 570 cm³/mol. The van der Waals surface area contributed by atoms with E-state index in [9.17, 15) is 0 Å². The van der Waals surface area contributed by atoms with E-state index in [1.54, 1.807) is 6.69 Å². The minimum atomic E-state index is 1.50. The molecule has 0 unspecified atom stereocenters. The Kier molecular flexibility index (Phi) is 111. The summed E-state index contributed by atoms with van der Waals surface area (Å²) in [5.41, 5.74) is 0. The first-order valence-corrected chi connectivity index (χ1v) is 32.9. The summed E-state index contributed by atoms with van der Waals surface area (Å²) in [5, 5.41) is 0. The van der Waals surface area contributed by atoms with Crippen molar-refractivity contribution in [3.05, 3.63) is 0 Å². The maximum atomic E-state index is 5.27. The van der Waals surface area contributed by atoms with Crippen molar-refractivity contribution in [2.75, 3.05) is 0 Å². The van der Waals surface area contributed by atoms with Gasteiger partial charge in [0.1, 0.15) is 0 Å². The molecule has 0 N–H and O–H groups in total. The van der Waals surface area contributed by atoms with E-state index < -0.39 is 0 Å². The molecule has 1 radical (unpaired) electrons. The van der Waals surface area contributed by atoms with Gasteiger partial charge in [-0.2, -0.15) is 0 Å². The summed E-state index contributed by atoms with van der Waals surface area (Å²) in [4.78, 5) is 0. The molecular formula is CH3B98. The molecule has 0 fully saturated rings. The van der Waals surface area contributed by atoms with Crippen LogP contribution in [0.2, 0.25) is 6.82 Å². The van der Waals surface area contributed by atoms with Crippen LogP contribution >= 0.6 is 0 Å². The zero-order chi connectivity index (χ0) is 70.6. The Balaban J connectivity index is 4.12. The standard InChI is InChI=1S/CH3B98/c1-3-5-7-9-11-13-15-17-19-21-23-25-27-29-31-33-35-37-39-41-43-45-47-49-51-53-55-57-59-61-63-65-67-69-71-73-75-77-79-81-83-85-87-89-91-93-95-97-99-98-96-94-92-90-88-86-84-82-80-78-76-74-72-70-68-66-64-62-60-58-56-54-52-50-48-46-44-42-40-38-36-34-32-30-28-26-24-22-20-18-16-14-12-10-8-6-4-2/h1H3. The van der Waals surface area contributed by atoms with Crippen molar-refractivity contribution in [2.24, 2.45) is 0 Å². The van der Waals surface area contributed by atoms with E-state index in [4.69, 9.17) is 7.37 Å². The average molecular weight is 1070 g/mol. The fourth-order valence-electron chi connectivity index (χ4n) is 6.14. The normalized spacial score (nSPS) is 7.84. The summed E-state index contributed by atoms with van der Waals surface area (Å²) in [6.45, 7) is 195. The van der Waals surface area contributed by atoms with Crippen LogP contribution in [0.3, 0.4) is 0 Å². The van der Waals surface area contributed by atoms with Gasteiger partial charge in [-0.3, -0.25) is 0 Å². The van der Waals surface area contributed by atoms with Crippen molar-refractivity contribution in [3.63, 3.8) is 0 Å². The van der Waals surface area contributed by atoms with Crippen LogP contribution in [0.15, 0.2) is 0 Å². The van der Waals surface area contributed by atoms with E-state index >= 15 is 0 Å². The Hall–Kier alpha value is 6.36. The van der Waals surface area contributed by atoms with Gasteiger partial charge in [0.15, 0.2) is 0 Å². The zero-order valence-corrected chi connectivity index (χ0v) is 57.6. The molecule has 0 amide bonds. The maximum absolute atomic E-state index is 5.27. The van der Waals surface area contributed by atoms with Crippen molar-refractivity contribution >= 4 is 657 Å². The zero-order valence-electron chi connectivity index (χ0n) is 57.6. The molecule has 99 heavy (non-hydrogen) atoms. The molecule has 0 nitrogen and oxygen atoms in total. The second-order valence-corrected chi connectivity index (χ2v) is 18.8. The van der Waals surface area contributed by atoms with Gasteiger partial charge in [-0.25, -0.2) is 0 Å². The van der Waals surface area contributed by atoms with Crippen LogP contribution in [0.5, 0.6) is 0 Å². The van der Waals surface area contributed by atoms with Gasteiger partial charge in [-0.1, -0.05) is 0 Å². The van der Waals surface area contributed by atoms with E-state index in [2.05, 4.69) is 0 Å². The van der Waals surface area contributed by atoms with Gasteiger partial charge in [0.25, 0.3) is 0 Å². The van der Waals surface area contributed by atoms with Gasteiger partial charge < -0.3 is 0 Å². The molecule has 0 aromatic rings. The minimum absolute atomic E-state index is 1.50. The Labute approximate surface area is 656 Å². The Bertz CT molecular complexity index is 3670. The first-order chi connectivity index (χ1) is 49.4. The first kappa shape index (κ1) is 105. The Morgan fingerprint density at radius 2 is 0.131 bits per heavy atom. The third-order valence-electron chi connectivity index (χ3n) is 10.7. The van der Waals surface area contributed by atoms with E-state index in [-0.39, 0.29) is 0 Å². The Morgan fingerprint density at radius 1 is 0.0808 bits per heavy atom.